The highest BCUT2D eigenvalue weighted by Crippen LogP contribution is 2.32. The third-order valence-corrected chi connectivity index (χ3v) is 3.82. The van der Waals surface area contributed by atoms with Gasteiger partial charge in [-0.05, 0) is 31.5 Å². The summed E-state index contributed by atoms with van der Waals surface area (Å²) >= 11 is 0. The number of piperidine rings is 1. The molecular weight excluding hydrogens is 309 g/mol. The van der Waals surface area contributed by atoms with E-state index < -0.39 is 12.6 Å². The summed E-state index contributed by atoms with van der Waals surface area (Å²) in [6.07, 6.45) is -0.993. The van der Waals surface area contributed by atoms with Crippen molar-refractivity contribution in [2.75, 3.05) is 6.54 Å². The lowest BCUT2D eigenvalue weighted by Crippen LogP contribution is -2.33. The Hall–Kier alpha value is -1.96. The van der Waals surface area contributed by atoms with Crippen LogP contribution in [0.4, 0.5) is 13.2 Å². The Kier molecular flexibility index (Phi) is 4.61. The Bertz CT molecular complexity index is 629. The number of pyridine rings is 1. The molecule has 1 fully saturated rings. The lowest BCUT2D eigenvalue weighted by molar-refractivity contribution is -0.131. The van der Waals surface area contributed by atoms with Crippen molar-refractivity contribution in [2.24, 2.45) is 0 Å². The molecule has 0 unspecified atom stereocenters. The van der Waals surface area contributed by atoms with Crippen LogP contribution in [0.25, 0.3) is 0 Å². The summed E-state index contributed by atoms with van der Waals surface area (Å²) < 4.78 is 42.5. The van der Waals surface area contributed by atoms with E-state index in [0.29, 0.717) is 6.54 Å². The van der Waals surface area contributed by atoms with Gasteiger partial charge in [0.05, 0.1) is 11.7 Å². The molecule has 124 valence electrons. The van der Waals surface area contributed by atoms with Gasteiger partial charge in [0.1, 0.15) is 6.42 Å². The first-order chi connectivity index (χ1) is 11.0. The highest BCUT2D eigenvalue weighted by molar-refractivity contribution is 5.05. The molecule has 23 heavy (non-hydrogen) atoms. The van der Waals surface area contributed by atoms with Crippen molar-refractivity contribution in [1.82, 2.24) is 20.1 Å². The minimum absolute atomic E-state index is 0.153. The van der Waals surface area contributed by atoms with Gasteiger partial charge in [0, 0.05) is 12.7 Å². The van der Waals surface area contributed by atoms with Crippen LogP contribution >= 0.6 is 0 Å². The van der Waals surface area contributed by atoms with E-state index in [4.69, 9.17) is 4.42 Å². The van der Waals surface area contributed by atoms with Crippen LogP contribution in [-0.4, -0.2) is 32.8 Å². The van der Waals surface area contributed by atoms with Gasteiger partial charge in [-0.25, -0.2) is 0 Å². The molecule has 3 rings (SSSR count). The van der Waals surface area contributed by atoms with Gasteiger partial charge in [-0.15, -0.1) is 10.2 Å². The van der Waals surface area contributed by atoms with Gasteiger partial charge >= 0.3 is 6.18 Å². The smallest absolute Gasteiger partial charge is 0.397 e. The average molecular weight is 326 g/mol. The molecule has 0 radical (unpaired) electrons. The van der Waals surface area contributed by atoms with Crippen molar-refractivity contribution in [3.8, 4) is 0 Å². The van der Waals surface area contributed by atoms with Crippen LogP contribution in [0, 0.1) is 0 Å². The molecule has 0 N–H and O–H groups in total. The molecule has 1 saturated heterocycles. The quantitative estimate of drug-likeness (QED) is 0.863. The fourth-order valence-electron chi connectivity index (χ4n) is 2.80. The number of aromatic nitrogens is 3. The van der Waals surface area contributed by atoms with Crippen LogP contribution in [0.15, 0.2) is 28.8 Å². The number of hydrogen-bond acceptors (Lipinski definition) is 5. The molecule has 1 aliphatic heterocycles. The van der Waals surface area contributed by atoms with Gasteiger partial charge in [0.2, 0.25) is 11.8 Å². The number of rotatable bonds is 4. The van der Waals surface area contributed by atoms with E-state index in [9.17, 15) is 13.2 Å². The molecule has 0 aliphatic carbocycles. The van der Waals surface area contributed by atoms with Crippen LogP contribution in [0.2, 0.25) is 0 Å². The molecule has 0 saturated carbocycles. The van der Waals surface area contributed by atoms with E-state index in [1.54, 1.807) is 6.20 Å². The SMILES string of the molecule is FC(F)(F)Cc1nnc([C@@H]2CCCCN2Cc2ccccn2)o1. The van der Waals surface area contributed by atoms with Gasteiger partial charge in [-0.3, -0.25) is 9.88 Å². The second-order valence-electron chi connectivity index (χ2n) is 5.63. The van der Waals surface area contributed by atoms with E-state index in [2.05, 4.69) is 20.1 Å². The predicted molar refractivity (Wildman–Crippen MR) is 75.3 cm³/mol. The lowest BCUT2D eigenvalue weighted by Gasteiger charge is -2.33. The molecule has 2 aromatic heterocycles. The summed E-state index contributed by atoms with van der Waals surface area (Å²) in [6, 6.07) is 5.53. The van der Waals surface area contributed by atoms with Gasteiger partial charge in [0.15, 0.2) is 0 Å². The topological polar surface area (TPSA) is 55.1 Å². The van der Waals surface area contributed by atoms with Gasteiger partial charge < -0.3 is 4.42 Å². The van der Waals surface area contributed by atoms with E-state index in [0.717, 1.165) is 31.5 Å². The van der Waals surface area contributed by atoms with Crippen molar-refractivity contribution in [3.63, 3.8) is 0 Å². The Morgan fingerprint density at radius 2 is 2.09 bits per heavy atom. The summed E-state index contributed by atoms with van der Waals surface area (Å²) in [7, 11) is 0. The summed E-state index contributed by atoms with van der Waals surface area (Å²) in [5.41, 5.74) is 0.912. The third-order valence-electron chi connectivity index (χ3n) is 3.82. The molecule has 0 aromatic carbocycles. The van der Waals surface area contributed by atoms with Gasteiger partial charge in [-0.2, -0.15) is 13.2 Å². The van der Waals surface area contributed by atoms with Crippen molar-refractivity contribution < 1.29 is 17.6 Å². The molecule has 2 aromatic rings. The monoisotopic (exact) mass is 326 g/mol. The maximum Gasteiger partial charge on any atom is 0.397 e. The molecular formula is C15H17F3N4O. The number of halogens is 3. The van der Waals surface area contributed by atoms with Crippen molar-refractivity contribution in [3.05, 3.63) is 41.9 Å². The first kappa shape index (κ1) is 15.9. The zero-order chi connectivity index (χ0) is 16.3. The molecule has 0 bridgehead atoms. The van der Waals surface area contributed by atoms with Crippen LogP contribution in [0.5, 0.6) is 0 Å². The second kappa shape index (κ2) is 6.66. The standard InChI is InChI=1S/C15H17F3N4O/c16-15(17,18)9-13-20-21-14(23-13)12-6-2-4-8-22(12)10-11-5-1-3-7-19-11/h1,3,5,7,12H,2,4,6,8-10H2/t12-/m0/s1. The highest BCUT2D eigenvalue weighted by Gasteiger charge is 2.33. The largest absolute Gasteiger partial charge is 0.423 e. The van der Waals surface area contributed by atoms with Crippen LogP contribution in [-0.2, 0) is 13.0 Å². The molecule has 5 nitrogen and oxygen atoms in total. The van der Waals surface area contributed by atoms with Crippen LogP contribution < -0.4 is 0 Å². The molecule has 8 heteroatoms. The van der Waals surface area contributed by atoms with Crippen LogP contribution in [0.1, 0.15) is 42.8 Å². The zero-order valence-electron chi connectivity index (χ0n) is 12.5. The Morgan fingerprint density at radius 3 is 2.83 bits per heavy atom. The maximum absolute atomic E-state index is 12.4. The molecule has 0 spiro atoms. The lowest BCUT2D eigenvalue weighted by atomic mass is 10.0. The number of alkyl halides is 3. The molecule has 1 atom stereocenters. The summed E-state index contributed by atoms with van der Waals surface area (Å²) in [4.78, 5) is 6.43. The van der Waals surface area contributed by atoms with Crippen LogP contribution in [0.3, 0.4) is 0 Å². The molecule has 0 amide bonds. The summed E-state index contributed by atoms with van der Waals surface area (Å²) in [5, 5.41) is 7.38. The van der Waals surface area contributed by atoms with E-state index in [-0.39, 0.29) is 17.8 Å². The normalized spacial score (nSPS) is 19.9. The van der Waals surface area contributed by atoms with E-state index in [1.807, 2.05) is 18.2 Å². The minimum atomic E-state index is -4.34. The van der Waals surface area contributed by atoms with Gasteiger partial charge in [-0.1, -0.05) is 12.5 Å². The Balaban J connectivity index is 1.73. The fourth-order valence-corrected chi connectivity index (χ4v) is 2.80. The van der Waals surface area contributed by atoms with Crippen molar-refractivity contribution in [1.29, 1.82) is 0 Å². The zero-order valence-corrected chi connectivity index (χ0v) is 12.5. The molecule has 3 heterocycles. The third kappa shape index (κ3) is 4.28. The average Bonchev–Trinajstić information content (AvgIpc) is 2.95. The van der Waals surface area contributed by atoms with E-state index in [1.165, 1.54) is 0 Å². The van der Waals surface area contributed by atoms with Crippen molar-refractivity contribution >= 4 is 0 Å². The molecule has 1 aliphatic rings. The minimum Gasteiger partial charge on any atom is -0.423 e. The number of nitrogens with zero attached hydrogens (tertiary/aromatic N) is 4. The predicted octanol–water partition coefficient (Wildman–Crippen LogP) is 3.30. The fraction of sp³-hybridized carbons (Fsp3) is 0.533. The Labute approximate surface area is 131 Å². The van der Waals surface area contributed by atoms with Crippen molar-refractivity contribution in [2.45, 2.75) is 44.4 Å². The Morgan fingerprint density at radius 1 is 1.22 bits per heavy atom. The maximum atomic E-state index is 12.4. The van der Waals surface area contributed by atoms with E-state index >= 15 is 0 Å². The first-order valence-corrected chi connectivity index (χ1v) is 7.54. The summed E-state index contributed by atoms with van der Waals surface area (Å²) in [6.45, 7) is 1.45. The number of likely N-dealkylation sites (tertiary alicyclic amines) is 1. The summed E-state index contributed by atoms with van der Waals surface area (Å²) in [5.74, 6) is -0.115. The highest BCUT2D eigenvalue weighted by atomic mass is 19.4. The first-order valence-electron chi connectivity index (χ1n) is 7.54. The number of hydrogen-bond donors (Lipinski definition) is 0. The second-order valence-corrected chi connectivity index (χ2v) is 5.63. The van der Waals surface area contributed by atoms with Gasteiger partial charge in [0.25, 0.3) is 0 Å².